The number of anilines is 1. The number of methoxy groups -OCH3 is 1. The molecule has 1 heterocycles. The number of aryl methyl sites for hydroxylation is 1. The van der Waals surface area contributed by atoms with E-state index < -0.39 is 5.97 Å². The second kappa shape index (κ2) is 7.13. The van der Waals surface area contributed by atoms with Gasteiger partial charge in [0.2, 0.25) is 0 Å². The molecule has 2 aromatic rings. The molecule has 1 aromatic carbocycles. The third kappa shape index (κ3) is 3.48. The normalized spacial score (nSPS) is 10.3. The lowest BCUT2D eigenvalue weighted by atomic mass is 10.2. The molecule has 0 radical (unpaired) electrons. The number of carbonyl (C=O) groups excluding carboxylic acids is 1. The maximum atomic E-state index is 10.9. The van der Waals surface area contributed by atoms with E-state index in [1.54, 1.807) is 14.0 Å². The second-order valence-electron chi connectivity index (χ2n) is 4.46. The van der Waals surface area contributed by atoms with Crippen LogP contribution in [-0.2, 0) is 6.54 Å². The van der Waals surface area contributed by atoms with Crippen LogP contribution in [0.15, 0.2) is 18.2 Å². The number of benzene rings is 1. The first kappa shape index (κ1) is 16.1. The fourth-order valence-corrected chi connectivity index (χ4v) is 2.80. The summed E-state index contributed by atoms with van der Waals surface area (Å²) in [7, 11) is 1.59. The Bertz CT molecular complexity index is 670. The number of carbonyl (C=O) groups is 1. The molecule has 0 bridgehead atoms. The first-order valence-electron chi connectivity index (χ1n) is 6.78. The largest absolute Gasteiger partial charge is 0.544 e. The van der Waals surface area contributed by atoms with Gasteiger partial charge in [0, 0.05) is 12.1 Å². The summed E-state index contributed by atoms with van der Waals surface area (Å²) >= 11 is 1.06. The van der Waals surface area contributed by atoms with Gasteiger partial charge in [0.25, 0.3) is 0 Å². The maximum Gasteiger partial charge on any atom is 0.183 e. The van der Waals surface area contributed by atoms with Crippen molar-refractivity contribution in [2.45, 2.75) is 20.4 Å². The Morgan fingerprint density at radius 3 is 2.82 bits per heavy atom. The second-order valence-corrected chi connectivity index (χ2v) is 5.46. The molecule has 0 unspecified atom stereocenters. The molecule has 1 N–H and O–H groups in total. The van der Waals surface area contributed by atoms with Crippen LogP contribution in [0.25, 0.3) is 0 Å². The smallest absolute Gasteiger partial charge is 0.183 e. The van der Waals surface area contributed by atoms with Crippen LogP contribution in [0.5, 0.6) is 11.5 Å². The Morgan fingerprint density at radius 1 is 1.45 bits per heavy atom. The zero-order chi connectivity index (χ0) is 16.1. The average molecular weight is 321 g/mol. The number of hydrogen-bond acceptors (Lipinski definition) is 7. The lowest BCUT2D eigenvalue weighted by Crippen LogP contribution is -2.21. The molecule has 0 saturated carbocycles. The molecule has 1 aromatic heterocycles. The SMILES string of the molecule is CCOc1c(CNc2nc(C)c(C(=O)[O-])s2)cccc1OC. The lowest BCUT2D eigenvalue weighted by Gasteiger charge is -2.14. The lowest BCUT2D eigenvalue weighted by molar-refractivity contribution is -0.254. The Balaban J connectivity index is 2.17. The van der Waals surface area contributed by atoms with E-state index in [1.165, 1.54) is 0 Å². The summed E-state index contributed by atoms with van der Waals surface area (Å²) in [6, 6.07) is 5.62. The van der Waals surface area contributed by atoms with E-state index in [2.05, 4.69) is 10.3 Å². The fraction of sp³-hybridized carbons (Fsp3) is 0.333. The van der Waals surface area contributed by atoms with Crippen molar-refractivity contribution in [1.29, 1.82) is 0 Å². The van der Waals surface area contributed by atoms with E-state index in [0.717, 1.165) is 16.9 Å². The van der Waals surface area contributed by atoms with Gasteiger partial charge >= 0.3 is 0 Å². The number of aromatic nitrogens is 1. The highest BCUT2D eigenvalue weighted by molar-refractivity contribution is 7.17. The molecule has 0 aliphatic heterocycles. The summed E-state index contributed by atoms with van der Waals surface area (Å²) in [6.45, 7) is 4.52. The zero-order valence-corrected chi connectivity index (χ0v) is 13.5. The number of rotatable bonds is 7. The number of carboxylic acids is 1. The summed E-state index contributed by atoms with van der Waals surface area (Å²) in [5.74, 6) is 0.125. The number of hydrogen-bond donors (Lipinski definition) is 1. The van der Waals surface area contributed by atoms with Crippen LogP contribution in [0.1, 0.15) is 27.9 Å². The summed E-state index contributed by atoms with van der Waals surface area (Å²) < 4.78 is 10.9. The molecule has 0 atom stereocenters. The molecule has 0 aliphatic rings. The van der Waals surface area contributed by atoms with E-state index in [-0.39, 0.29) is 4.88 Å². The molecule has 0 spiro atoms. The summed E-state index contributed by atoms with van der Waals surface area (Å²) in [5.41, 5.74) is 1.35. The standard InChI is InChI=1S/C15H18N2O4S/c1-4-21-12-10(6-5-7-11(12)20-3)8-16-15-17-9(2)13(22-15)14(18)19/h5-7H,4,8H2,1-3H3,(H,16,17)(H,18,19)/p-1. The zero-order valence-electron chi connectivity index (χ0n) is 12.6. The van der Waals surface area contributed by atoms with Gasteiger partial charge < -0.3 is 24.7 Å². The molecule has 0 aliphatic carbocycles. The van der Waals surface area contributed by atoms with E-state index in [4.69, 9.17) is 9.47 Å². The summed E-state index contributed by atoms with van der Waals surface area (Å²) in [5, 5.41) is 14.6. The van der Waals surface area contributed by atoms with Gasteiger partial charge in [-0.25, -0.2) is 4.98 Å². The van der Waals surface area contributed by atoms with Gasteiger partial charge in [-0.2, -0.15) is 0 Å². The third-order valence-corrected chi connectivity index (χ3v) is 4.08. The van der Waals surface area contributed by atoms with Crippen LogP contribution in [0.3, 0.4) is 0 Å². The molecule has 7 heteroatoms. The van der Waals surface area contributed by atoms with Crippen LogP contribution >= 0.6 is 11.3 Å². The predicted molar refractivity (Wildman–Crippen MR) is 82.7 cm³/mol. The summed E-state index contributed by atoms with van der Waals surface area (Å²) in [6.07, 6.45) is 0. The van der Waals surface area contributed by atoms with Gasteiger partial charge in [0.05, 0.1) is 30.3 Å². The number of para-hydroxylation sites is 1. The van der Waals surface area contributed by atoms with E-state index in [0.29, 0.717) is 35.5 Å². The monoisotopic (exact) mass is 321 g/mol. The maximum absolute atomic E-state index is 10.9. The van der Waals surface area contributed by atoms with Gasteiger partial charge in [-0.3, -0.25) is 0 Å². The molecule has 118 valence electrons. The van der Waals surface area contributed by atoms with Gasteiger partial charge in [0.1, 0.15) is 0 Å². The van der Waals surface area contributed by atoms with E-state index in [9.17, 15) is 9.90 Å². The van der Waals surface area contributed by atoms with Crippen molar-refractivity contribution in [1.82, 2.24) is 4.98 Å². The van der Waals surface area contributed by atoms with Crippen molar-refractivity contribution in [2.75, 3.05) is 19.0 Å². The Kier molecular flexibility index (Phi) is 5.21. The van der Waals surface area contributed by atoms with Crippen molar-refractivity contribution < 1.29 is 19.4 Å². The topological polar surface area (TPSA) is 83.5 Å². The number of nitrogens with one attached hydrogen (secondary N) is 1. The van der Waals surface area contributed by atoms with Crippen molar-refractivity contribution in [3.8, 4) is 11.5 Å². The first-order valence-corrected chi connectivity index (χ1v) is 7.59. The molecule has 0 saturated heterocycles. The van der Waals surface area contributed by atoms with Gasteiger partial charge in [0.15, 0.2) is 16.6 Å². The number of aromatic carboxylic acids is 1. The van der Waals surface area contributed by atoms with Crippen LogP contribution in [0, 0.1) is 6.92 Å². The highest BCUT2D eigenvalue weighted by atomic mass is 32.1. The number of thiazole rings is 1. The van der Waals surface area contributed by atoms with Crippen LogP contribution in [-0.4, -0.2) is 24.7 Å². The van der Waals surface area contributed by atoms with Crippen molar-refractivity contribution in [3.63, 3.8) is 0 Å². The molecular formula is C15H17N2O4S-. The van der Waals surface area contributed by atoms with Gasteiger partial charge in [-0.05, 0) is 19.9 Å². The van der Waals surface area contributed by atoms with Crippen molar-refractivity contribution in [2.24, 2.45) is 0 Å². The number of nitrogens with zero attached hydrogens (tertiary/aromatic N) is 1. The minimum absolute atomic E-state index is 0.137. The Labute approximate surface area is 132 Å². The van der Waals surface area contributed by atoms with Crippen molar-refractivity contribution >= 4 is 22.4 Å². The molecule has 2 rings (SSSR count). The van der Waals surface area contributed by atoms with Crippen LogP contribution < -0.4 is 19.9 Å². The third-order valence-electron chi connectivity index (χ3n) is 2.98. The quantitative estimate of drug-likeness (QED) is 0.837. The average Bonchev–Trinajstić information content (AvgIpc) is 2.87. The molecule has 0 amide bonds. The molecule has 22 heavy (non-hydrogen) atoms. The highest BCUT2D eigenvalue weighted by Gasteiger charge is 2.12. The van der Waals surface area contributed by atoms with Gasteiger partial charge in [-0.15, -0.1) is 0 Å². The summed E-state index contributed by atoms with van der Waals surface area (Å²) in [4.78, 5) is 15.2. The fourth-order valence-electron chi connectivity index (χ4n) is 2.00. The van der Waals surface area contributed by atoms with E-state index in [1.807, 2.05) is 25.1 Å². The minimum atomic E-state index is -1.21. The van der Waals surface area contributed by atoms with E-state index >= 15 is 0 Å². The number of carboxylic acid groups (broad SMARTS) is 1. The minimum Gasteiger partial charge on any atom is -0.544 e. The van der Waals surface area contributed by atoms with Gasteiger partial charge in [-0.1, -0.05) is 23.5 Å². The van der Waals surface area contributed by atoms with Crippen molar-refractivity contribution in [3.05, 3.63) is 34.3 Å². The van der Waals surface area contributed by atoms with Crippen LogP contribution in [0.4, 0.5) is 5.13 Å². The number of ether oxygens (including phenoxy) is 2. The molecular weight excluding hydrogens is 304 g/mol. The molecule has 0 fully saturated rings. The Morgan fingerprint density at radius 2 is 2.23 bits per heavy atom. The first-order chi connectivity index (χ1) is 10.6. The Hall–Kier alpha value is -2.28. The highest BCUT2D eigenvalue weighted by Crippen LogP contribution is 2.32. The predicted octanol–water partition coefficient (Wildman–Crippen LogP) is 1.83. The van der Waals surface area contributed by atoms with Crippen LogP contribution in [0.2, 0.25) is 0 Å². The molecule has 6 nitrogen and oxygen atoms in total.